The molecule has 2 aromatic heterocycles. The molecule has 0 saturated carbocycles. The van der Waals surface area contributed by atoms with E-state index in [1.807, 2.05) is 5.32 Å². The average molecular weight is 400 g/mol. The summed E-state index contributed by atoms with van der Waals surface area (Å²) in [4.78, 5) is 15.2. The Morgan fingerprint density at radius 3 is 2.64 bits per heavy atom. The molecule has 0 aliphatic heterocycles. The summed E-state index contributed by atoms with van der Waals surface area (Å²) in [5.41, 5.74) is -2.76. The van der Waals surface area contributed by atoms with Gasteiger partial charge in [-0.2, -0.15) is 4.39 Å². The van der Waals surface area contributed by atoms with Crippen LogP contribution in [0.2, 0.25) is 0 Å². The van der Waals surface area contributed by atoms with Crippen molar-refractivity contribution in [3.63, 3.8) is 0 Å². The lowest BCUT2D eigenvalue weighted by atomic mass is 10.1. The SMILES string of the molecule is Cc1c(F)cnc(C(F)F)c1NC(=O)/C(F)=C/c1ccc2c(F)n[nH]c2c1F. The van der Waals surface area contributed by atoms with Crippen molar-refractivity contribution in [2.24, 2.45) is 0 Å². The highest BCUT2D eigenvalue weighted by atomic mass is 19.3. The summed E-state index contributed by atoms with van der Waals surface area (Å²) in [6.45, 7) is 1.10. The van der Waals surface area contributed by atoms with Crippen molar-refractivity contribution in [1.82, 2.24) is 15.2 Å². The number of benzene rings is 1. The molecule has 0 aliphatic carbocycles. The Morgan fingerprint density at radius 1 is 1.25 bits per heavy atom. The molecule has 0 aliphatic rings. The van der Waals surface area contributed by atoms with Crippen LogP contribution in [0.3, 0.4) is 0 Å². The average Bonchev–Trinajstić information content (AvgIpc) is 3.02. The van der Waals surface area contributed by atoms with Gasteiger partial charge in [0.05, 0.1) is 17.3 Å². The molecule has 2 N–H and O–H groups in total. The third-order valence-electron chi connectivity index (χ3n) is 3.91. The topological polar surface area (TPSA) is 70.7 Å². The second kappa shape index (κ2) is 7.33. The zero-order chi connectivity index (χ0) is 20.6. The first-order chi connectivity index (χ1) is 13.2. The highest BCUT2D eigenvalue weighted by molar-refractivity contribution is 6.05. The van der Waals surface area contributed by atoms with E-state index in [4.69, 9.17) is 0 Å². The Hall–Kier alpha value is -3.37. The van der Waals surface area contributed by atoms with E-state index >= 15 is 0 Å². The zero-order valence-electron chi connectivity index (χ0n) is 14.0. The van der Waals surface area contributed by atoms with Gasteiger partial charge in [0.2, 0.25) is 5.95 Å². The molecule has 0 radical (unpaired) electrons. The first-order valence-corrected chi connectivity index (χ1v) is 7.64. The molecule has 0 unspecified atom stereocenters. The Balaban J connectivity index is 1.94. The zero-order valence-corrected chi connectivity index (χ0v) is 14.0. The van der Waals surface area contributed by atoms with E-state index in [0.717, 1.165) is 19.1 Å². The third kappa shape index (κ3) is 3.42. The number of halogens is 6. The number of anilines is 1. The smallest absolute Gasteiger partial charge is 0.284 e. The monoisotopic (exact) mass is 400 g/mol. The molecule has 0 bridgehead atoms. The van der Waals surface area contributed by atoms with Crippen LogP contribution in [0.4, 0.5) is 32.0 Å². The van der Waals surface area contributed by atoms with Crippen molar-refractivity contribution in [3.05, 3.63) is 58.6 Å². The van der Waals surface area contributed by atoms with E-state index in [2.05, 4.69) is 15.2 Å². The minimum Gasteiger partial charge on any atom is -0.318 e. The summed E-state index contributed by atoms with van der Waals surface area (Å²) in [6, 6.07) is 2.12. The van der Waals surface area contributed by atoms with Crippen LogP contribution in [-0.4, -0.2) is 21.1 Å². The molecule has 1 amide bonds. The quantitative estimate of drug-likeness (QED) is 0.498. The molecule has 3 aromatic rings. The van der Waals surface area contributed by atoms with Crippen molar-refractivity contribution < 1.29 is 31.1 Å². The number of alkyl halides is 2. The predicted octanol–water partition coefficient (Wildman–Crippen LogP) is 4.57. The molecule has 2 heterocycles. The van der Waals surface area contributed by atoms with Gasteiger partial charge in [0.1, 0.15) is 17.0 Å². The first-order valence-electron chi connectivity index (χ1n) is 7.64. The van der Waals surface area contributed by atoms with Gasteiger partial charge in [0.15, 0.2) is 11.6 Å². The van der Waals surface area contributed by atoms with E-state index in [1.54, 1.807) is 0 Å². The highest BCUT2D eigenvalue weighted by Crippen LogP contribution is 2.30. The van der Waals surface area contributed by atoms with Gasteiger partial charge in [0.25, 0.3) is 12.3 Å². The molecule has 0 atom stereocenters. The summed E-state index contributed by atoms with van der Waals surface area (Å²) in [6.07, 6.45) is -2.13. The van der Waals surface area contributed by atoms with Crippen LogP contribution >= 0.6 is 0 Å². The van der Waals surface area contributed by atoms with Crippen LogP contribution < -0.4 is 5.32 Å². The summed E-state index contributed by atoms with van der Waals surface area (Å²) in [5, 5.41) is 6.90. The minimum absolute atomic E-state index is 0.178. The molecule has 28 heavy (non-hydrogen) atoms. The highest BCUT2D eigenvalue weighted by Gasteiger charge is 2.22. The molecule has 0 spiro atoms. The number of aromatic nitrogens is 3. The number of nitrogens with zero attached hydrogens (tertiary/aromatic N) is 2. The van der Waals surface area contributed by atoms with Crippen LogP contribution in [0.5, 0.6) is 0 Å². The van der Waals surface area contributed by atoms with E-state index in [9.17, 15) is 31.1 Å². The molecule has 0 fully saturated rings. The molecular weight excluding hydrogens is 390 g/mol. The predicted molar refractivity (Wildman–Crippen MR) is 87.6 cm³/mol. The Labute approximate surface area is 153 Å². The lowest BCUT2D eigenvalue weighted by Gasteiger charge is -2.12. The van der Waals surface area contributed by atoms with Gasteiger partial charge in [-0.25, -0.2) is 26.9 Å². The second-order valence-electron chi connectivity index (χ2n) is 5.64. The summed E-state index contributed by atoms with van der Waals surface area (Å²) < 4.78 is 81.4. The number of hydrogen-bond acceptors (Lipinski definition) is 3. The van der Waals surface area contributed by atoms with E-state index in [0.29, 0.717) is 12.3 Å². The van der Waals surface area contributed by atoms with Gasteiger partial charge in [-0.1, -0.05) is 6.07 Å². The maximum absolute atomic E-state index is 14.3. The van der Waals surface area contributed by atoms with E-state index in [1.165, 1.54) is 0 Å². The van der Waals surface area contributed by atoms with E-state index in [-0.39, 0.29) is 16.5 Å². The molecular formula is C17H10F6N4O. The van der Waals surface area contributed by atoms with Gasteiger partial charge in [-0.05, 0) is 19.1 Å². The number of amides is 1. The van der Waals surface area contributed by atoms with Gasteiger partial charge in [0, 0.05) is 11.1 Å². The van der Waals surface area contributed by atoms with Crippen molar-refractivity contribution in [2.45, 2.75) is 13.3 Å². The largest absolute Gasteiger partial charge is 0.318 e. The van der Waals surface area contributed by atoms with Crippen molar-refractivity contribution >= 4 is 28.6 Å². The van der Waals surface area contributed by atoms with Crippen molar-refractivity contribution in [1.29, 1.82) is 0 Å². The van der Waals surface area contributed by atoms with Gasteiger partial charge in [-0.15, -0.1) is 5.10 Å². The van der Waals surface area contributed by atoms with Gasteiger partial charge >= 0.3 is 0 Å². The number of fused-ring (bicyclic) bond motifs is 1. The number of carbonyl (C=O) groups excluding carboxylic acids is 1. The van der Waals surface area contributed by atoms with Gasteiger partial charge in [-0.3, -0.25) is 9.89 Å². The maximum atomic E-state index is 14.3. The molecule has 1 aromatic carbocycles. The number of nitrogens with one attached hydrogen (secondary N) is 2. The number of pyridine rings is 1. The molecule has 5 nitrogen and oxygen atoms in total. The lowest BCUT2D eigenvalue weighted by Crippen LogP contribution is -2.16. The molecule has 11 heteroatoms. The fraction of sp³-hybridized carbons (Fsp3) is 0.118. The second-order valence-corrected chi connectivity index (χ2v) is 5.64. The maximum Gasteiger partial charge on any atom is 0.284 e. The lowest BCUT2D eigenvalue weighted by molar-refractivity contribution is -0.114. The first kappa shape index (κ1) is 19.4. The van der Waals surface area contributed by atoms with Crippen LogP contribution in [0.15, 0.2) is 24.2 Å². The summed E-state index contributed by atoms with van der Waals surface area (Å²) in [7, 11) is 0. The standard InChI is InChI=1S/C17H10F6N4O/c1-6-10(19)5-24-14(15(21)22)12(6)25-17(28)9(18)4-7-2-3-8-13(11(7)20)26-27-16(8)23/h2-5,15H,1H3,(H,25,28)(H,26,27)/b9-4-. The third-order valence-corrected chi connectivity index (χ3v) is 3.91. The molecule has 3 rings (SSSR count). The van der Waals surface area contributed by atoms with Gasteiger partial charge < -0.3 is 5.32 Å². The molecule has 146 valence electrons. The fourth-order valence-electron chi connectivity index (χ4n) is 2.45. The van der Waals surface area contributed by atoms with Crippen LogP contribution in [0.1, 0.15) is 23.2 Å². The van der Waals surface area contributed by atoms with Crippen molar-refractivity contribution in [3.8, 4) is 0 Å². The number of H-pyrrole nitrogens is 1. The van der Waals surface area contributed by atoms with Crippen LogP contribution in [-0.2, 0) is 4.79 Å². The Kier molecular flexibility index (Phi) is 5.08. The summed E-state index contributed by atoms with van der Waals surface area (Å²) >= 11 is 0. The summed E-state index contributed by atoms with van der Waals surface area (Å²) in [5.74, 6) is -6.10. The number of rotatable bonds is 4. The number of hydrogen-bond donors (Lipinski definition) is 2. The number of carbonyl (C=O) groups is 1. The van der Waals surface area contributed by atoms with Crippen LogP contribution in [0, 0.1) is 24.5 Å². The van der Waals surface area contributed by atoms with Crippen molar-refractivity contribution in [2.75, 3.05) is 5.32 Å². The van der Waals surface area contributed by atoms with Crippen LogP contribution in [0.25, 0.3) is 17.0 Å². The fourth-order valence-corrected chi connectivity index (χ4v) is 2.45. The molecule has 0 saturated heterocycles. The number of aromatic amines is 1. The van der Waals surface area contributed by atoms with E-state index < -0.39 is 52.7 Å². The Bertz CT molecular complexity index is 1110. The normalized spacial score (nSPS) is 12.1. The Morgan fingerprint density at radius 2 is 1.96 bits per heavy atom. The minimum atomic E-state index is -3.16.